The summed E-state index contributed by atoms with van der Waals surface area (Å²) >= 11 is 0. The molecule has 1 N–H and O–H groups in total. The van der Waals surface area contributed by atoms with Gasteiger partial charge in [-0.05, 0) is 24.1 Å². The van der Waals surface area contributed by atoms with E-state index in [-0.39, 0.29) is 12.5 Å². The van der Waals surface area contributed by atoms with Gasteiger partial charge in [0.25, 0.3) is 0 Å². The molecule has 1 atom stereocenters. The van der Waals surface area contributed by atoms with E-state index < -0.39 is 11.9 Å². The molecular weight excluding hydrogens is 270 g/mol. The van der Waals surface area contributed by atoms with Gasteiger partial charge in [-0.2, -0.15) is 5.10 Å². The second kappa shape index (κ2) is 5.40. The van der Waals surface area contributed by atoms with Crippen LogP contribution in [-0.4, -0.2) is 33.3 Å². The lowest BCUT2D eigenvalue weighted by molar-refractivity contribution is -0.139. The van der Waals surface area contributed by atoms with Crippen LogP contribution in [0.1, 0.15) is 17.9 Å². The normalized spacial score (nSPS) is 17.3. The van der Waals surface area contributed by atoms with E-state index in [9.17, 15) is 14.7 Å². The summed E-state index contributed by atoms with van der Waals surface area (Å²) in [4.78, 5) is 25.4. The van der Waals surface area contributed by atoms with Gasteiger partial charge in [0, 0.05) is 24.6 Å². The highest BCUT2D eigenvalue weighted by Gasteiger charge is 2.32. The maximum absolute atomic E-state index is 12.4. The fourth-order valence-electron chi connectivity index (χ4n) is 2.70. The van der Waals surface area contributed by atoms with Gasteiger partial charge in [-0.3, -0.25) is 14.3 Å². The maximum atomic E-state index is 12.4. The first-order chi connectivity index (χ1) is 10.2. The quantitative estimate of drug-likeness (QED) is 0.927. The van der Waals surface area contributed by atoms with Crippen LogP contribution in [0.15, 0.2) is 42.7 Å². The highest BCUT2D eigenvalue weighted by atomic mass is 16.4. The van der Waals surface area contributed by atoms with Crippen LogP contribution in [0.4, 0.5) is 5.69 Å². The number of carbonyl (C=O) groups is 2. The lowest BCUT2D eigenvalue weighted by atomic mass is 9.90. The van der Waals surface area contributed by atoms with E-state index >= 15 is 0 Å². The van der Waals surface area contributed by atoms with E-state index in [4.69, 9.17) is 0 Å². The Kier molecular flexibility index (Phi) is 3.43. The molecule has 6 heteroatoms. The van der Waals surface area contributed by atoms with Crippen LogP contribution in [0.5, 0.6) is 0 Å². The van der Waals surface area contributed by atoms with Gasteiger partial charge in [0.15, 0.2) is 0 Å². The van der Waals surface area contributed by atoms with Gasteiger partial charge in [-0.25, -0.2) is 0 Å². The molecule has 1 aromatic heterocycles. The molecule has 0 saturated carbocycles. The van der Waals surface area contributed by atoms with Crippen molar-refractivity contribution >= 4 is 17.6 Å². The molecule has 3 rings (SSSR count). The molecule has 1 unspecified atom stereocenters. The van der Waals surface area contributed by atoms with Crippen molar-refractivity contribution in [2.24, 2.45) is 0 Å². The third-order valence-corrected chi connectivity index (χ3v) is 3.70. The standard InChI is InChI=1S/C15H15N3O3/c19-14(10-17-8-3-7-16-17)18-9-6-12(15(20)21)11-4-1-2-5-13(11)18/h1-5,7-8,12H,6,9-10H2,(H,20,21). The van der Waals surface area contributed by atoms with Crippen LogP contribution >= 0.6 is 0 Å². The second-order valence-electron chi connectivity index (χ2n) is 4.99. The van der Waals surface area contributed by atoms with Crippen molar-refractivity contribution in [1.82, 2.24) is 9.78 Å². The monoisotopic (exact) mass is 285 g/mol. The molecule has 1 amide bonds. The summed E-state index contributed by atoms with van der Waals surface area (Å²) in [7, 11) is 0. The Bertz CT molecular complexity index is 667. The number of carboxylic acids is 1. The van der Waals surface area contributed by atoms with Crippen molar-refractivity contribution in [3.63, 3.8) is 0 Å². The number of nitrogens with zero attached hydrogens (tertiary/aromatic N) is 3. The zero-order valence-corrected chi connectivity index (χ0v) is 11.3. The predicted octanol–water partition coefficient (Wildman–Crippen LogP) is 1.49. The fraction of sp³-hybridized carbons (Fsp3) is 0.267. The topological polar surface area (TPSA) is 75.4 Å². The molecule has 0 saturated heterocycles. The minimum absolute atomic E-state index is 0.0880. The summed E-state index contributed by atoms with van der Waals surface area (Å²) in [6, 6.07) is 8.96. The maximum Gasteiger partial charge on any atom is 0.311 e. The van der Waals surface area contributed by atoms with Crippen LogP contribution < -0.4 is 4.90 Å². The van der Waals surface area contributed by atoms with Crippen molar-refractivity contribution in [2.45, 2.75) is 18.9 Å². The summed E-state index contributed by atoms with van der Waals surface area (Å²) < 4.78 is 1.56. The van der Waals surface area contributed by atoms with E-state index in [1.807, 2.05) is 6.07 Å². The smallest absolute Gasteiger partial charge is 0.311 e. The number of carboxylic acid groups (broad SMARTS) is 1. The highest BCUT2D eigenvalue weighted by Crippen LogP contribution is 2.35. The molecule has 21 heavy (non-hydrogen) atoms. The Hall–Kier alpha value is -2.63. The van der Waals surface area contributed by atoms with E-state index in [2.05, 4.69) is 5.10 Å². The third kappa shape index (κ3) is 2.52. The van der Waals surface area contributed by atoms with Crippen LogP contribution in [0.3, 0.4) is 0 Å². The van der Waals surface area contributed by atoms with E-state index in [1.54, 1.807) is 46.2 Å². The van der Waals surface area contributed by atoms with Gasteiger partial charge < -0.3 is 10.0 Å². The number of aromatic nitrogens is 2. The molecule has 6 nitrogen and oxygen atoms in total. The molecule has 0 fully saturated rings. The number of rotatable bonds is 3. The largest absolute Gasteiger partial charge is 0.481 e. The van der Waals surface area contributed by atoms with Gasteiger partial charge in [-0.1, -0.05) is 18.2 Å². The molecule has 0 aliphatic carbocycles. The van der Waals surface area contributed by atoms with Crippen molar-refractivity contribution in [3.05, 3.63) is 48.3 Å². The summed E-state index contributed by atoms with van der Waals surface area (Å²) in [6.45, 7) is 0.563. The molecule has 1 aliphatic rings. The molecule has 0 radical (unpaired) electrons. The summed E-state index contributed by atoms with van der Waals surface area (Å²) in [5.41, 5.74) is 1.39. The number of para-hydroxylation sites is 1. The van der Waals surface area contributed by atoms with Gasteiger partial charge >= 0.3 is 5.97 Å². The highest BCUT2D eigenvalue weighted by molar-refractivity contribution is 5.96. The molecule has 2 heterocycles. The first kappa shape index (κ1) is 13.4. The molecule has 108 valence electrons. The first-order valence-corrected chi connectivity index (χ1v) is 6.76. The number of hydrogen-bond donors (Lipinski definition) is 1. The minimum Gasteiger partial charge on any atom is -0.481 e. The van der Waals surface area contributed by atoms with Gasteiger partial charge in [0.05, 0.1) is 5.92 Å². The second-order valence-corrected chi connectivity index (χ2v) is 4.99. The molecule has 2 aromatic rings. The zero-order chi connectivity index (χ0) is 14.8. The average Bonchev–Trinajstić information content (AvgIpc) is 2.98. The molecule has 1 aliphatic heterocycles. The molecule has 0 spiro atoms. The Balaban J connectivity index is 1.89. The van der Waals surface area contributed by atoms with Crippen LogP contribution in [0.25, 0.3) is 0 Å². The van der Waals surface area contributed by atoms with Crippen LogP contribution in [0.2, 0.25) is 0 Å². The van der Waals surface area contributed by atoms with Crippen molar-refractivity contribution in [3.8, 4) is 0 Å². The Labute approximate surface area is 121 Å². The number of fused-ring (bicyclic) bond motifs is 1. The number of anilines is 1. The predicted molar refractivity (Wildman–Crippen MR) is 76.0 cm³/mol. The molecule has 1 aromatic carbocycles. The Morgan fingerprint density at radius 3 is 2.81 bits per heavy atom. The average molecular weight is 285 g/mol. The summed E-state index contributed by atoms with van der Waals surface area (Å²) in [6.07, 6.45) is 3.78. The number of aliphatic carboxylic acids is 1. The number of hydrogen-bond acceptors (Lipinski definition) is 3. The lowest BCUT2D eigenvalue weighted by Crippen LogP contribution is -2.40. The van der Waals surface area contributed by atoms with Crippen molar-refractivity contribution in [1.29, 1.82) is 0 Å². The van der Waals surface area contributed by atoms with Crippen LogP contribution in [0, 0.1) is 0 Å². The number of amides is 1. The minimum atomic E-state index is -0.846. The summed E-state index contributed by atoms with van der Waals surface area (Å²) in [5, 5.41) is 13.3. The SMILES string of the molecule is O=C(O)C1CCN(C(=O)Cn2cccn2)c2ccccc21. The van der Waals surface area contributed by atoms with Gasteiger partial charge in [0.1, 0.15) is 6.54 Å². The van der Waals surface area contributed by atoms with E-state index in [0.29, 0.717) is 24.2 Å². The fourth-order valence-corrected chi connectivity index (χ4v) is 2.70. The first-order valence-electron chi connectivity index (χ1n) is 6.76. The van der Waals surface area contributed by atoms with Crippen molar-refractivity contribution in [2.75, 3.05) is 11.4 Å². The summed E-state index contributed by atoms with van der Waals surface area (Å²) in [5.74, 6) is -1.48. The lowest BCUT2D eigenvalue weighted by Gasteiger charge is -2.32. The number of benzene rings is 1. The molecular formula is C15H15N3O3. The Morgan fingerprint density at radius 1 is 1.29 bits per heavy atom. The third-order valence-electron chi connectivity index (χ3n) is 3.70. The van der Waals surface area contributed by atoms with Gasteiger partial charge in [0.2, 0.25) is 5.91 Å². The zero-order valence-electron chi connectivity index (χ0n) is 11.3. The van der Waals surface area contributed by atoms with E-state index in [1.165, 1.54) is 0 Å². The van der Waals surface area contributed by atoms with Crippen molar-refractivity contribution < 1.29 is 14.7 Å². The van der Waals surface area contributed by atoms with Gasteiger partial charge in [-0.15, -0.1) is 0 Å². The van der Waals surface area contributed by atoms with Crippen LogP contribution in [-0.2, 0) is 16.1 Å². The molecule has 0 bridgehead atoms. The Morgan fingerprint density at radius 2 is 2.10 bits per heavy atom. The van der Waals surface area contributed by atoms with E-state index in [0.717, 1.165) is 0 Å². The number of carbonyl (C=O) groups excluding carboxylic acids is 1.